The van der Waals surface area contributed by atoms with Gasteiger partial charge in [0.05, 0.1) is 21.9 Å². The van der Waals surface area contributed by atoms with E-state index in [0.29, 0.717) is 11.5 Å². The number of hydrogen-bond acceptors (Lipinski definition) is 5. The average molecular weight is 551 g/mol. The lowest BCUT2D eigenvalue weighted by molar-refractivity contribution is -0.147. The second kappa shape index (κ2) is 7.37. The van der Waals surface area contributed by atoms with Crippen molar-refractivity contribution >= 4 is 87.4 Å². The quantitative estimate of drug-likeness (QED) is 0.393. The first-order chi connectivity index (χ1) is 14.4. The van der Waals surface area contributed by atoms with Gasteiger partial charge in [-0.15, -0.1) is 23.2 Å². The Hall–Kier alpha value is -1.29. The van der Waals surface area contributed by atoms with Crippen LogP contribution in [0.4, 0.5) is 0 Å². The van der Waals surface area contributed by atoms with Crippen LogP contribution in [0.2, 0.25) is 0 Å². The van der Waals surface area contributed by atoms with Gasteiger partial charge in [0.15, 0.2) is 15.8 Å². The van der Waals surface area contributed by atoms with Crippen LogP contribution in [0.25, 0.3) is 0 Å². The summed E-state index contributed by atoms with van der Waals surface area (Å²) in [5.41, 5.74) is 4.41. The van der Waals surface area contributed by atoms with E-state index in [1.807, 2.05) is 0 Å². The molecule has 14 heteroatoms. The van der Waals surface area contributed by atoms with Crippen molar-refractivity contribution in [1.29, 1.82) is 0 Å². The van der Waals surface area contributed by atoms with E-state index in [1.165, 1.54) is 18.2 Å². The highest BCUT2D eigenvalue weighted by molar-refractivity contribution is 6.66. The Bertz CT molecular complexity index is 1060. The molecule has 3 aliphatic rings. The summed E-state index contributed by atoms with van der Waals surface area (Å²) >= 11 is 37.9. The van der Waals surface area contributed by atoms with Crippen LogP contribution < -0.4 is 20.3 Å². The maximum absolute atomic E-state index is 12.9. The van der Waals surface area contributed by atoms with Crippen LogP contribution >= 0.6 is 69.6 Å². The molecule has 2 amide bonds. The topological polar surface area (TPSA) is 114 Å². The first kappa shape index (κ1) is 22.9. The van der Waals surface area contributed by atoms with Crippen molar-refractivity contribution in [2.75, 3.05) is 6.79 Å². The lowest BCUT2D eigenvalue weighted by Crippen LogP contribution is -2.53. The highest BCUT2D eigenvalue weighted by Gasteiger charge is 2.85. The molecule has 0 unspecified atom stereocenters. The number of hydrazine groups is 1. The van der Waals surface area contributed by atoms with Gasteiger partial charge in [0.25, 0.3) is 5.91 Å². The van der Waals surface area contributed by atoms with Crippen molar-refractivity contribution < 1.29 is 29.0 Å². The van der Waals surface area contributed by atoms with Crippen LogP contribution in [0.15, 0.2) is 28.3 Å². The Morgan fingerprint density at radius 2 is 1.52 bits per heavy atom. The number of carbonyl (C=O) groups is 3. The van der Waals surface area contributed by atoms with E-state index in [0.717, 1.165) is 0 Å². The second-order valence-electron chi connectivity index (χ2n) is 6.93. The monoisotopic (exact) mass is 548 g/mol. The lowest BCUT2D eigenvalue weighted by Gasteiger charge is -2.33. The van der Waals surface area contributed by atoms with Gasteiger partial charge in [-0.2, -0.15) is 0 Å². The summed E-state index contributed by atoms with van der Waals surface area (Å²) in [7, 11) is 0. The highest BCUT2D eigenvalue weighted by atomic mass is 35.5. The fourth-order valence-corrected chi connectivity index (χ4v) is 6.87. The summed E-state index contributed by atoms with van der Waals surface area (Å²) in [6, 6.07) is 4.35. The van der Waals surface area contributed by atoms with Gasteiger partial charge in [-0.05, 0) is 18.2 Å². The van der Waals surface area contributed by atoms with E-state index in [2.05, 4.69) is 10.9 Å². The molecule has 4 atom stereocenters. The molecule has 8 nitrogen and oxygen atoms in total. The molecular formula is C17H10Cl6N2O6. The molecule has 0 saturated heterocycles. The van der Waals surface area contributed by atoms with E-state index in [-0.39, 0.29) is 22.4 Å². The molecule has 1 aromatic rings. The molecule has 1 fully saturated rings. The number of allylic oxidation sites excluding steroid dienone is 2. The van der Waals surface area contributed by atoms with Crippen LogP contribution in [0.1, 0.15) is 10.4 Å². The van der Waals surface area contributed by atoms with E-state index >= 15 is 0 Å². The number of nitrogens with one attached hydrogen (secondary N) is 2. The molecule has 0 aromatic heterocycles. The Kier molecular flexibility index (Phi) is 5.44. The molecule has 4 rings (SSSR count). The summed E-state index contributed by atoms with van der Waals surface area (Å²) in [5, 5.41) is 9.02. The number of carboxylic acids is 1. The van der Waals surface area contributed by atoms with Gasteiger partial charge in [0.2, 0.25) is 12.7 Å². The fraction of sp³-hybridized carbons (Fsp3) is 0.353. The van der Waals surface area contributed by atoms with Crippen molar-refractivity contribution in [3.63, 3.8) is 0 Å². The Morgan fingerprint density at radius 1 is 0.935 bits per heavy atom. The van der Waals surface area contributed by atoms with E-state index in [9.17, 15) is 19.5 Å². The minimum Gasteiger partial charge on any atom is -0.481 e. The third-order valence-electron chi connectivity index (χ3n) is 5.42. The minimum atomic E-state index is -2.25. The number of benzene rings is 1. The smallest absolute Gasteiger partial charge is 0.309 e. The number of carboxylic acid groups (broad SMARTS) is 1. The van der Waals surface area contributed by atoms with Crippen LogP contribution in [-0.2, 0) is 9.59 Å². The number of amides is 2. The Labute approximate surface area is 204 Å². The number of carbonyl (C=O) groups excluding carboxylic acids is 2. The Balaban J connectivity index is 1.59. The molecule has 1 aromatic carbocycles. The molecule has 1 heterocycles. The zero-order valence-electron chi connectivity index (χ0n) is 14.9. The maximum atomic E-state index is 12.9. The lowest BCUT2D eigenvalue weighted by atomic mass is 9.81. The third kappa shape index (κ3) is 2.85. The van der Waals surface area contributed by atoms with Gasteiger partial charge in [-0.3, -0.25) is 25.2 Å². The van der Waals surface area contributed by atoms with Crippen LogP contribution in [0.5, 0.6) is 11.5 Å². The van der Waals surface area contributed by atoms with E-state index in [4.69, 9.17) is 79.1 Å². The predicted octanol–water partition coefficient (Wildman–Crippen LogP) is 3.34. The summed E-state index contributed by atoms with van der Waals surface area (Å²) in [5.74, 6) is -5.91. The molecule has 31 heavy (non-hydrogen) atoms. The van der Waals surface area contributed by atoms with Gasteiger partial charge in [-0.1, -0.05) is 46.4 Å². The fourth-order valence-electron chi connectivity index (χ4n) is 3.93. The van der Waals surface area contributed by atoms with Crippen molar-refractivity contribution in [2.45, 2.75) is 14.1 Å². The first-order valence-corrected chi connectivity index (χ1v) is 10.7. The number of ether oxygens (including phenoxy) is 2. The Morgan fingerprint density at radius 3 is 2.13 bits per heavy atom. The molecule has 2 aliphatic carbocycles. The molecule has 0 spiro atoms. The standard InChI is InChI=1S/C17H10Cl6N2O6/c18-10-11(19)16(21)9(14(28)29)8(15(10,20)17(16,22)23)13(27)25-24-12(26)5-1-2-6-7(3-5)31-4-30-6/h1-3,8-9H,4H2,(H,24,26)(H,25,27)(H,28,29)/t8-,9+,15+,16+/m0/s1. The van der Waals surface area contributed by atoms with E-state index in [1.54, 1.807) is 0 Å². The van der Waals surface area contributed by atoms with Crippen molar-refractivity contribution in [3.8, 4) is 11.5 Å². The molecule has 3 N–H and O–H groups in total. The third-order valence-corrected chi connectivity index (χ3v) is 9.68. The summed E-state index contributed by atoms with van der Waals surface area (Å²) < 4.78 is 8.11. The first-order valence-electron chi connectivity index (χ1n) is 8.43. The normalized spacial score (nSPS) is 32.2. The molecule has 1 saturated carbocycles. The summed E-state index contributed by atoms with van der Waals surface area (Å²) in [6.07, 6.45) is 0. The van der Waals surface area contributed by atoms with Gasteiger partial charge < -0.3 is 14.6 Å². The molecule has 166 valence electrons. The minimum absolute atomic E-state index is 0.0167. The van der Waals surface area contributed by atoms with Gasteiger partial charge in [-0.25, -0.2) is 0 Å². The number of hydrogen-bond donors (Lipinski definition) is 3. The van der Waals surface area contributed by atoms with Crippen LogP contribution in [-0.4, -0.2) is 43.8 Å². The maximum Gasteiger partial charge on any atom is 0.309 e. The number of rotatable bonds is 3. The number of fused-ring (bicyclic) bond motifs is 3. The van der Waals surface area contributed by atoms with Gasteiger partial charge in [0.1, 0.15) is 9.75 Å². The van der Waals surface area contributed by atoms with E-state index < -0.39 is 43.7 Å². The molecule has 1 aliphatic heterocycles. The van der Waals surface area contributed by atoms with Crippen LogP contribution in [0.3, 0.4) is 0 Å². The van der Waals surface area contributed by atoms with Crippen molar-refractivity contribution in [2.24, 2.45) is 11.8 Å². The SMILES string of the molecule is O=C(NNC(=O)[C@@H]1[C@H](C(=O)O)[C@@]2(Cl)C(Cl)=C(Cl)[C@@]1(Cl)C2(Cl)Cl)c1ccc2c(c1)OCO2. The second-order valence-corrected chi connectivity index (χ2v) is 10.2. The van der Waals surface area contributed by atoms with Crippen LogP contribution in [0, 0.1) is 11.8 Å². The van der Waals surface area contributed by atoms with Gasteiger partial charge in [0, 0.05) is 5.56 Å². The summed E-state index contributed by atoms with van der Waals surface area (Å²) in [6.45, 7) is 0.0167. The zero-order valence-corrected chi connectivity index (χ0v) is 19.4. The average Bonchev–Trinajstić information content (AvgIpc) is 3.27. The molecule has 2 bridgehead atoms. The van der Waals surface area contributed by atoms with Crippen molar-refractivity contribution in [3.05, 3.63) is 33.8 Å². The number of halogens is 6. The number of alkyl halides is 4. The largest absolute Gasteiger partial charge is 0.481 e. The van der Waals surface area contributed by atoms with Crippen molar-refractivity contribution in [1.82, 2.24) is 10.9 Å². The molecule has 0 radical (unpaired) electrons. The summed E-state index contributed by atoms with van der Waals surface area (Å²) in [4.78, 5) is 33.0. The number of aliphatic carboxylic acids is 1. The predicted molar refractivity (Wildman–Crippen MR) is 113 cm³/mol. The molecular weight excluding hydrogens is 541 g/mol. The highest BCUT2D eigenvalue weighted by Crippen LogP contribution is 2.76. The van der Waals surface area contributed by atoms with Gasteiger partial charge >= 0.3 is 5.97 Å². The zero-order chi connectivity index (χ0) is 22.9.